The molecule has 2 rings (SSSR count). The van der Waals surface area contributed by atoms with E-state index in [1.807, 2.05) is 0 Å². The molecule has 1 unspecified atom stereocenters. The minimum absolute atomic E-state index is 0.251. The van der Waals surface area contributed by atoms with E-state index in [4.69, 9.17) is 0 Å². The summed E-state index contributed by atoms with van der Waals surface area (Å²) in [6.07, 6.45) is 8.61. The molecular formula is C15H28N2O. The summed E-state index contributed by atoms with van der Waals surface area (Å²) in [6, 6.07) is 0. The van der Waals surface area contributed by atoms with Crippen LogP contribution in [0.15, 0.2) is 0 Å². The van der Waals surface area contributed by atoms with E-state index < -0.39 is 0 Å². The van der Waals surface area contributed by atoms with Crippen LogP contribution < -0.4 is 5.32 Å². The molecule has 0 bridgehead atoms. The van der Waals surface area contributed by atoms with Gasteiger partial charge in [0, 0.05) is 19.6 Å². The van der Waals surface area contributed by atoms with Crippen molar-refractivity contribution in [3.05, 3.63) is 0 Å². The fraction of sp³-hybridized carbons (Fsp3) is 0.933. The maximum Gasteiger partial charge on any atom is 0.226 e. The molecule has 0 aromatic carbocycles. The van der Waals surface area contributed by atoms with Gasteiger partial charge in [-0.05, 0) is 44.6 Å². The van der Waals surface area contributed by atoms with Crippen molar-refractivity contribution in [1.82, 2.24) is 10.2 Å². The summed E-state index contributed by atoms with van der Waals surface area (Å²) in [5.74, 6) is 1.53. The summed E-state index contributed by atoms with van der Waals surface area (Å²) in [5, 5.41) is 3.35. The van der Waals surface area contributed by atoms with Crippen molar-refractivity contribution in [1.29, 1.82) is 0 Å². The topological polar surface area (TPSA) is 32.3 Å². The average molecular weight is 252 g/mol. The van der Waals surface area contributed by atoms with Crippen LogP contribution in [0.5, 0.6) is 0 Å². The van der Waals surface area contributed by atoms with E-state index in [9.17, 15) is 4.79 Å². The van der Waals surface area contributed by atoms with Gasteiger partial charge in [0.2, 0.25) is 5.91 Å². The first kappa shape index (κ1) is 13.9. The third kappa shape index (κ3) is 3.71. The number of rotatable bonds is 3. The summed E-state index contributed by atoms with van der Waals surface area (Å²) in [7, 11) is 0. The van der Waals surface area contributed by atoms with Crippen molar-refractivity contribution in [2.24, 2.45) is 11.8 Å². The molecule has 2 heterocycles. The second-order valence-corrected chi connectivity index (χ2v) is 5.95. The van der Waals surface area contributed by atoms with E-state index in [1.54, 1.807) is 0 Å². The summed E-state index contributed by atoms with van der Waals surface area (Å²) in [4.78, 5) is 14.6. The van der Waals surface area contributed by atoms with Crippen LogP contribution in [0.25, 0.3) is 0 Å². The molecule has 0 aromatic heterocycles. The summed E-state index contributed by atoms with van der Waals surface area (Å²) in [5.41, 5.74) is 0. The molecule has 0 radical (unpaired) electrons. The first-order valence-electron chi connectivity index (χ1n) is 7.80. The van der Waals surface area contributed by atoms with Crippen LogP contribution in [-0.2, 0) is 4.79 Å². The molecule has 3 nitrogen and oxygen atoms in total. The molecule has 0 saturated carbocycles. The highest BCUT2D eigenvalue weighted by Crippen LogP contribution is 2.23. The van der Waals surface area contributed by atoms with Gasteiger partial charge in [0.15, 0.2) is 0 Å². The molecule has 2 aliphatic rings. The molecule has 0 spiro atoms. The van der Waals surface area contributed by atoms with Gasteiger partial charge in [0.1, 0.15) is 0 Å². The van der Waals surface area contributed by atoms with Crippen LogP contribution in [0.4, 0.5) is 0 Å². The largest absolute Gasteiger partial charge is 0.342 e. The lowest BCUT2D eigenvalue weighted by atomic mass is 9.96. The Kier molecular flexibility index (Phi) is 5.48. The van der Waals surface area contributed by atoms with Gasteiger partial charge in [-0.2, -0.15) is 0 Å². The number of likely N-dealkylation sites (tertiary alicyclic amines) is 1. The van der Waals surface area contributed by atoms with Gasteiger partial charge in [-0.3, -0.25) is 4.79 Å². The summed E-state index contributed by atoms with van der Waals surface area (Å²) < 4.78 is 0. The summed E-state index contributed by atoms with van der Waals surface area (Å²) >= 11 is 0. The van der Waals surface area contributed by atoms with E-state index in [2.05, 4.69) is 17.1 Å². The molecule has 2 fully saturated rings. The summed E-state index contributed by atoms with van der Waals surface area (Å²) in [6.45, 7) is 6.24. The number of nitrogens with zero attached hydrogens (tertiary/aromatic N) is 1. The Morgan fingerprint density at radius 1 is 1.22 bits per heavy atom. The van der Waals surface area contributed by atoms with E-state index >= 15 is 0 Å². The van der Waals surface area contributed by atoms with Crippen molar-refractivity contribution < 1.29 is 4.79 Å². The standard InChI is InChI=1S/C15H28N2O/c1-2-5-13-6-4-10-17(11-8-13)15(18)14-7-3-9-16-12-14/h13-14,16H,2-12H2,1H3/t13?,14-/m1/s1. The fourth-order valence-corrected chi connectivity index (χ4v) is 3.40. The minimum atomic E-state index is 0.251. The average Bonchev–Trinajstić information content (AvgIpc) is 2.65. The zero-order valence-corrected chi connectivity index (χ0v) is 11.8. The van der Waals surface area contributed by atoms with Crippen LogP contribution in [0.3, 0.4) is 0 Å². The van der Waals surface area contributed by atoms with Crippen LogP contribution in [0.1, 0.15) is 51.9 Å². The predicted molar refractivity (Wildman–Crippen MR) is 74.4 cm³/mol. The zero-order chi connectivity index (χ0) is 12.8. The number of hydrogen-bond donors (Lipinski definition) is 1. The van der Waals surface area contributed by atoms with Crippen molar-refractivity contribution >= 4 is 5.91 Å². The molecule has 0 aromatic rings. The molecular weight excluding hydrogens is 224 g/mol. The number of hydrogen-bond acceptors (Lipinski definition) is 2. The predicted octanol–water partition coefficient (Wildman–Crippen LogP) is 2.41. The Morgan fingerprint density at radius 2 is 2.11 bits per heavy atom. The molecule has 0 aliphatic carbocycles. The first-order valence-corrected chi connectivity index (χ1v) is 7.80. The first-order chi connectivity index (χ1) is 8.81. The Hall–Kier alpha value is -0.570. The third-order valence-corrected chi connectivity index (χ3v) is 4.50. The maximum atomic E-state index is 12.5. The minimum Gasteiger partial charge on any atom is -0.342 e. The van der Waals surface area contributed by atoms with Crippen molar-refractivity contribution in [3.63, 3.8) is 0 Å². The van der Waals surface area contributed by atoms with Gasteiger partial charge in [-0.15, -0.1) is 0 Å². The zero-order valence-electron chi connectivity index (χ0n) is 11.8. The Bertz CT molecular complexity index is 261. The van der Waals surface area contributed by atoms with E-state index in [1.165, 1.54) is 32.1 Å². The molecule has 2 atom stereocenters. The van der Waals surface area contributed by atoms with Gasteiger partial charge in [0.25, 0.3) is 0 Å². The lowest BCUT2D eigenvalue weighted by Gasteiger charge is -2.29. The van der Waals surface area contributed by atoms with Crippen LogP contribution in [0.2, 0.25) is 0 Å². The molecule has 104 valence electrons. The van der Waals surface area contributed by atoms with Crippen LogP contribution >= 0.6 is 0 Å². The Morgan fingerprint density at radius 3 is 2.83 bits per heavy atom. The quantitative estimate of drug-likeness (QED) is 0.836. The molecule has 1 amide bonds. The SMILES string of the molecule is CCCC1CCCN(C(=O)[C@@H]2CCCNC2)CC1. The molecule has 2 saturated heterocycles. The number of piperidine rings is 1. The normalized spacial score (nSPS) is 29.9. The monoisotopic (exact) mass is 252 g/mol. The Labute approximate surface area is 111 Å². The molecule has 1 N–H and O–H groups in total. The van der Waals surface area contributed by atoms with Crippen LogP contribution in [0, 0.1) is 11.8 Å². The maximum absolute atomic E-state index is 12.5. The van der Waals surface area contributed by atoms with E-state index in [-0.39, 0.29) is 5.92 Å². The molecule has 3 heteroatoms. The highest BCUT2D eigenvalue weighted by atomic mass is 16.2. The van der Waals surface area contributed by atoms with Crippen molar-refractivity contribution in [2.75, 3.05) is 26.2 Å². The van der Waals surface area contributed by atoms with Gasteiger partial charge < -0.3 is 10.2 Å². The van der Waals surface area contributed by atoms with E-state index in [0.717, 1.165) is 44.9 Å². The highest BCUT2D eigenvalue weighted by molar-refractivity contribution is 5.79. The lowest BCUT2D eigenvalue weighted by Crippen LogP contribution is -2.43. The van der Waals surface area contributed by atoms with Gasteiger partial charge in [0.05, 0.1) is 5.92 Å². The smallest absolute Gasteiger partial charge is 0.226 e. The number of nitrogens with one attached hydrogen (secondary N) is 1. The van der Waals surface area contributed by atoms with Gasteiger partial charge >= 0.3 is 0 Å². The number of carbonyl (C=O) groups is 1. The van der Waals surface area contributed by atoms with Crippen LogP contribution in [-0.4, -0.2) is 37.0 Å². The Balaban J connectivity index is 1.82. The second-order valence-electron chi connectivity index (χ2n) is 5.95. The molecule has 18 heavy (non-hydrogen) atoms. The second kappa shape index (κ2) is 7.13. The number of amides is 1. The number of carbonyl (C=O) groups excluding carboxylic acids is 1. The highest BCUT2D eigenvalue weighted by Gasteiger charge is 2.27. The van der Waals surface area contributed by atoms with Gasteiger partial charge in [-0.1, -0.05) is 19.8 Å². The fourth-order valence-electron chi connectivity index (χ4n) is 3.40. The van der Waals surface area contributed by atoms with Gasteiger partial charge in [-0.25, -0.2) is 0 Å². The molecule has 2 aliphatic heterocycles. The van der Waals surface area contributed by atoms with Crippen molar-refractivity contribution in [3.8, 4) is 0 Å². The van der Waals surface area contributed by atoms with Crippen molar-refractivity contribution in [2.45, 2.75) is 51.9 Å². The lowest BCUT2D eigenvalue weighted by molar-refractivity contribution is -0.136. The van der Waals surface area contributed by atoms with E-state index in [0.29, 0.717) is 5.91 Å². The third-order valence-electron chi connectivity index (χ3n) is 4.50.